The average molecular weight is 377 g/mol. The van der Waals surface area contributed by atoms with Crippen LogP contribution in [0.25, 0.3) is 0 Å². The summed E-state index contributed by atoms with van der Waals surface area (Å²) >= 11 is 3.04. The molecule has 0 amide bonds. The molecule has 0 aliphatic rings. The molecule has 0 N–H and O–H groups in total. The molecule has 0 heterocycles. The Kier molecular flexibility index (Phi) is 105. The first-order valence-electron chi connectivity index (χ1n) is 0.258. The average Bonchev–Trinajstić information content (AvgIpc) is 1.00. The fraction of sp³-hybridized carbons (Fsp3) is 0. The van der Waals surface area contributed by atoms with Crippen LogP contribution in [0.5, 0.6) is 0 Å². The van der Waals surface area contributed by atoms with Crippen molar-refractivity contribution in [3.8, 4) is 0 Å². The van der Waals surface area contributed by atoms with E-state index < -0.39 is 0 Å². The summed E-state index contributed by atoms with van der Waals surface area (Å²) in [6.45, 7) is 0. The van der Waals surface area contributed by atoms with Crippen LogP contribution in [0.15, 0.2) is 0 Å². The zero-order valence-corrected chi connectivity index (χ0v) is 7.53. The van der Waals surface area contributed by atoms with Crippen molar-refractivity contribution in [3.05, 3.63) is 0 Å². The molecule has 0 aromatic rings. The summed E-state index contributed by atoms with van der Waals surface area (Å²) in [7, 11) is 0. The van der Waals surface area contributed by atoms with Gasteiger partial charge in [-0.15, -0.1) is 0 Å². The molecule has 0 aliphatic carbocycles. The molecule has 0 aliphatic heterocycles. The van der Waals surface area contributed by atoms with Gasteiger partial charge in [0, 0.05) is 0 Å². The molecule has 0 unspecified atom stereocenters. The molecule has 0 aromatic carbocycles. The van der Waals surface area contributed by atoms with Gasteiger partial charge in [-0.2, -0.15) is 0 Å². The van der Waals surface area contributed by atoms with Gasteiger partial charge >= 0.3 is 136 Å². The van der Waals surface area contributed by atoms with Gasteiger partial charge in [0.05, 0.1) is 0 Å². The standard InChI is InChI=1S/K.Li.Na.Sb.Ta.5H. The van der Waals surface area contributed by atoms with Crippen molar-refractivity contribution < 1.29 is 17.1 Å². The van der Waals surface area contributed by atoms with Gasteiger partial charge in [0.2, 0.25) is 0 Å². The van der Waals surface area contributed by atoms with E-state index in [-0.39, 0.29) is 99.8 Å². The molecular formula is H5KLiNaSbTa. The number of rotatable bonds is 0. The quantitative estimate of drug-likeness (QED) is 0.399. The molecule has 5 heavy (non-hydrogen) atoms. The van der Waals surface area contributed by atoms with E-state index in [1.165, 1.54) is 19.4 Å². The van der Waals surface area contributed by atoms with Crippen molar-refractivity contribution >= 4 is 119 Å². The van der Waals surface area contributed by atoms with Crippen LogP contribution < -0.4 is 0 Å². The third-order valence-corrected chi connectivity index (χ3v) is 0. The monoisotopic (exact) mass is 376 g/mol. The summed E-state index contributed by atoms with van der Waals surface area (Å²) in [5.41, 5.74) is 0. The normalized spacial score (nSPS) is 1.00. The molecule has 0 bridgehead atoms. The van der Waals surface area contributed by atoms with E-state index in [9.17, 15) is 0 Å². The Morgan fingerprint density at radius 3 is 1.20 bits per heavy atom. The Bertz CT molecular complexity index is 11.6. The van der Waals surface area contributed by atoms with Crippen molar-refractivity contribution in [2.45, 2.75) is 0 Å². The van der Waals surface area contributed by atoms with E-state index in [0.717, 1.165) is 0 Å². The van der Waals surface area contributed by atoms with E-state index >= 15 is 0 Å². The molecule has 0 rings (SSSR count). The van der Waals surface area contributed by atoms with E-state index in [2.05, 4.69) is 0 Å². The van der Waals surface area contributed by atoms with Crippen molar-refractivity contribution in [1.29, 1.82) is 0 Å². The van der Waals surface area contributed by atoms with E-state index in [0.29, 0.717) is 0 Å². The molecule has 18 valence electrons. The number of hydrogen-bond acceptors (Lipinski definition) is 0. The maximum absolute atomic E-state index is 1.57. The summed E-state index contributed by atoms with van der Waals surface area (Å²) in [4.78, 5) is 0. The zero-order valence-electron chi connectivity index (χ0n) is 1.02. The predicted molar refractivity (Wildman–Crippen MR) is 30.0 cm³/mol. The predicted octanol–water partition coefficient (Wildman–Crippen LogP) is -2.86. The minimum atomic E-state index is 0. The van der Waals surface area contributed by atoms with Crippen molar-refractivity contribution in [2.24, 2.45) is 0 Å². The van der Waals surface area contributed by atoms with E-state index in [1.807, 2.05) is 0 Å². The molecule has 5 heteroatoms. The van der Waals surface area contributed by atoms with Crippen LogP contribution >= 0.6 is 0 Å². The molecule has 0 nitrogen and oxygen atoms in total. The zero-order chi connectivity index (χ0) is 2.00. The SMILES string of the molecule is [KH].[LiH].[NaH].[SbH2][Ta]. The molecule has 0 fully saturated rings. The van der Waals surface area contributed by atoms with Crippen molar-refractivity contribution in [2.75, 3.05) is 0 Å². The Labute approximate surface area is 132 Å². The number of hydrogen-bond donors (Lipinski definition) is 0. The van der Waals surface area contributed by atoms with Gasteiger partial charge in [-0.25, -0.2) is 0 Å². The first kappa shape index (κ1) is 22.6. The van der Waals surface area contributed by atoms with Gasteiger partial charge in [0.1, 0.15) is 0 Å². The van der Waals surface area contributed by atoms with Crippen LogP contribution in [0.4, 0.5) is 0 Å². The molecule has 0 atom stereocenters. The third-order valence-electron chi connectivity index (χ3n) is 0. The van der Waals surface area contributed by atoms with E-state index in [1.54, 1.807) is 17.1 Å². The van der Waals surface area contributed by atoms with Crippen LogP contribution in [-0.4, -0.2) is 119 Å². The molecule has 0 aromatic heterocycles. The van der Waals surface area contributed by atoms with Gasteiger partial charge in [0.15, 0.2) is 0 Å². The Morgan fingerprint density at radius 1 is 1.20 bits per heavy atom. The summed E-state index contributed by atoms with van der Waals surface area (Å²) in [5, 5.41) is 0. The summed E-state index contributed by atoms with van der Waals surface area (Å²) in [6.07, 6.45) is 0. The van der Waals surface area contributed by atoms with Crippen molar-refractivity contribution in [1.82, 2.24) is 0 Å². The Morgan fingerprint density at radius 2 is 1.20 bits per heavy atom. The fourth-order valence-electron chi connectivity index (χ4n) is 0. The second-order valence-corrected chi connectivity index (χ2v) is 0. The topological polar surface area (TPSA) is 0 Å². The van der Waals surface area contributed by atoms with Gasteiger partial charge in [-0.1, -0.05) is 0 Å². The molecular weight excluding hydrogens is 372 g/mol. The van der Waals surface area contributed by atoms with Crippen molar-refractivity contribution in [3.63, 3.8) is 0 Å². The summed E-state index contributed by atoms with van der Waals surface area (Å²) in [6, 6.07) is 0. The van der Waals surface area contributed by atoms with Crippen LogP contribution in [0, 0.1) is 0 Å². The van der Waals surface area contributed by atoms with Gasteiger partial charge in [-0.05, 0) is 0 Å². The van der Waals surface area contributed by atoms with Crippen LogP contribution in [0.1, 0.15) is 0 Å². The Balaban J connectivity index is -0.00000000167. The summed E-state index contributed by atoms with van der Waals surface area (Å²) < 4.78 is 0. The third kappa shape index (κ3) is 17.7. The maximum atomic E-state index is 1.57. The van der Waals surface area contributed by atoms with Crippen LogP contribution in [0.3, 0.4) is 0 Å². The molecule has 0 saturated heterocycles. The fourth-order valence-corrected chi connectivity index (χ4v) is 0. The molecule has 0 spiro atoms. The molecule has 0 saturated carbocycles. The summed E-state index contributed by atoms with van der Waals surface area (Å²) in [5.74, 6) is 0. The van der Waals surface area contributed by atoms with E-state index in [4.69, 9.17) is 0 Å². The minimum absolute atomic E-state index is 0. The second-order valence-electron chi connectivity index (χ2n) is 0. The van der Waals surface area contributed by atoms with Crippen LogP contribution in [0.2, 0.25) is 0 Å². The first-order valence-corrected chi connectivity index (χ1v) is 14.2. The van der Waals surface area contributed by atoms with Gasteiger partial charge in [-0.3, -0.25) is 0 Å². The second kappa shape index (κ2) is 23.2. The van der Waals surface area contributed by atoms with Crippen LogP contribution in [-0.2, 0) is 17.1 Å². The first-order chi connectivity index (χ1) is 1.00. The van der Waals surface area contributed by atoms with Gasteiger partial charge in [0.25, 0.3) is 0 Å². The Hall–Kier alpha value is 4.79. The molecule has 0 radical (unpaired) electrons. The van der Waals surface area contributed by atoms with Gasteiger partial charge < -0.3 is 0 Å².